The van der Waals surface area contributed by atoms with Crippen LogP contribution in [0.2, 0.25) is 0 Å². The number of carbonyl (C=O) groups excluding carboxylic acids is 2. The topological polar surface area (TPSA) is 52.6 Å². The molecule has 3 aromatic carbocycles. The monoisotopic (exact) mass is 510 g/mol. The van der Waals surface area contributed by atoms with Gasteiger partial charge in [-0.15, -0.1) is 11.3 Å². The highest BCUT2D eigenvalue weighted by Gasteiger charge is 2.38. The second kappa shape index (κ2) is 10.4. The molecule has 0 aliphatic heterocycles. The Morgan fingerprint density at radius 3 is 2.22 bits per heavy atom. The van der Waals surface area contributed by atoms with Gasteiger partial charge >= 0.3 is 18.1 Å². The highest BCUT2D eigenvalue weighted by Crippen LogP contribution is 2.47. The van der Waals surface area contributed by atoms with Gasteiger partial charge in [-0.25, -0.2) is 9.59 Å². The van der Waals surface area contributed by atoms with Crippen LogP contribution in [-0.2, 0) is 26.9 Å². The predicted octanol–water partition coefficient (Wildman–Crippen LogP) is 7.49. The van der Waals surface area contributed by atoms with E-state index in [0.717, 1.165) is 46.6 Å². The molecule has 0 radical (unpaired) electrons. The van der Waals surface area contributed by atoms with Crippen molar-refractivity contribution in [1.82, 2.24) is 0 Å². The lowest BCUT2D eigenvalue weighted by molar-refractivity contribution is -0.140. The zero-order chi connectivity index (χ0) is 25.9. The number of carbonyl (C=O) groups is 2. The largest absolute Gasteiger partial charge is 0.463 e. The Kier molecular flexibility index (Phi) is 7.26. The summed E-state index contributed by atoms with van der Waals surface area (Å²) in [5.41, 5.74) is 1.90. The van der Waals surface area contributed by atoms with Crippen molar-refractivity contribution >= 4 is 43.4 Å². The second-order valence-corrected chi connectivity index (χ2v) is 8.98. The number of benzene rings is 3. The first-order valence-corrected chi connectivity index (χ1v) is 11.8. The van der Waals surface area contributed by atoms with Crippen LogP contribution in [0.4, 0.5) is 13.2 Å². The van der Waals surface area contributed by atoms with Crippen LogP contribution in [0, 0.1) is 0 Å². The molecule has 1 aromatic heterocycles. The van der Waals surface area contributed by atoms with E-state index in [-0.39, 0.29) is 4.70 Å². The molecule has 184 valence electrons. The number of hydrogen-bond donors (Lipinski definition) is 0. The molecule has 0 unspecified atom stereocenters. The Bertz CT molecular complexity index is 1470. The van der Waals surface area contributed by atoms with Crippen LogP contribution in [0.5, 0.6) is 5.75 Å². The standard InChI is InChI=1S/C28H21F3O4S/c1-3-24(32)34-15-5-6-17-7-9-18(10-8-17)19-11-12-20-21-13-14-22(35-25(33)4-2)26(28(29,30)31)27(21)36-23(20)16-19/h3-4,7-14,16H,1-2,5-6,15H2. The molecule has 4 rings (SSSR count). The molecule has 0 fully saturated rings. The lowest BCUT2D eigenvalue weighted by Crippen LogP contribution is -2.11. The van der Waals surface area contributed by atoms with E-state index in [1.54, 1.807) is 6.07 Å². The summed E-state index contributed by atoms with van der Waals surface area (Å²) in [7, 11) is 0. The molecule has 0 saturated carbocycles. The summed E-state index contributed by atoms with van der Waals surface area (Å²) >= 11 is 1.01. The summed E-state index contributed by atoms with van der Waals surface area (Å²) in [6.07, 6.45) is -1.34. The second-order valence-electron chi connectivity index (χ2n) is 7.92. The average molecular weight is 511 g/mol. The molecular weight excluding hydrogens is 489 g/mol. The molecule has 0 bridgehead atoms. The van der Waals surface area contributed by atoms with Gasteiger partial charge in [-0.2, -0.15) is 13.2 Å². The highest BCUT2D eigenvalue weighted by atomic mass is 32.1. The van der Waals surface area contributed by atoms with Crippen LogP contribution in [0.3, 0.4) is 0 Å². The third kappa shape index (κ3) is 5.33. The molecule has 8 heteroatoms. The summed E-state index contributed by atoms with van der Waals surface area (Å²) < 4.78 is 52.5. The van der Waals surface area contributed by atoms with Gasteiger partial charge in [0.15, 0.2) is 0 Å². The van der Waals surface area contributed by atoms with Crippen LogP contribution in [-0.4, -0.2) is 18.5 Å². The zero-order valence-corrected chi connectivity index (χ0v) is 19.9. The van der Waals surface area contributed by atoms with Gasteiger partial charge in [0.2, 0.25) is 0 Å². The minimum absolute atomic E-state index is 0.0107. The molecule has 0 spiro atoms. The maximum atomic E-state index is 14.0. The number of rotatable bonds is 8. The molecule has 0 saturated heterocycles. The first-order chi connectivity index (χ1) is 17.2. The minimum atomic E-state index is -4.71. The van der Waals surface area contributed by atoms with Gasteiger partial charge in [-0.1, -0.05) is 49.6 Å². The van der Waals surface area contributed by atoms with Crippen LogP contribution in [0.1, 0.15) is 17.5 Å². The van der Waals surface area contributed by atoms with Crippen LogP contribution >= 0.6 is 11.3 Å². The lowest BCUT2D eigenvalue weighted by Gasteiger charge is -2.13. The van der Waals surface area contributed by atoms with Crippen molar-refractivity contribution in [2.75, 3.05) is 6.61 Å². The van der Waals surface area contributed by atoms with E-state index in [4.69, 9.17) is 9.47 Å². The van der Waals surface area contributed by atoms with E-state index >= 15 is 0 Å². The SMILES string of the molecule is C=CC(=O)OCCCc1ccc(-c2ccc3c(c2)sc2c(C(F)(F)F)c(OC(=O)C=C)ccc23)cc1. The molecule has 4 nitrogen and oxygen atoms in total. The molecule has 4 aromatic rings. The Morgan fingerprint density at radius 1 is 0.889 bits per heavy atom. The van der Waals surface area contributed by atoms with E-state index in [2.05, 4.69) is 13.2 Å². The third-order valence-electron chi connectivity index (χ3n) is 5.57. The first-order valence-electron chi connectivity index (χ1n) is 11.0. The molecule has 1 heterocycles. The number of alkyl halides is 3. The Balaban J connectivity index is 1.64. The number of esters is 2. The Labute approximate surface area is 209 Å². The fraction of sp³-hybridized carbons (Fsp3) is 0.143. The summed E-state index contributed by atoms with van der Waals surface area (Å²) in [5, 5.41) is 1.14. The maximum Gasteiger partial charge on any atom is 0.421 e. The van der Waals surface area contributed by atoms with Crippen LogP contribution in [0.25, 0.3) is 31.3 Å². The van der Waals surface area contributed by atoms with Crippen molar-refractivity contribution in [1.29, 1.82) is 0 Å². The third-order valence-corrected chi connectivity index (χ3v) is 6.76. The molecule has 0 amide bonds. The fourth-order valence-electron chi connectivity index (χ4n) is 3.88. The van der Waals surface area contributed by atoms with Gasteiger partial charge < -0.3 is 9.47 Å². The highest BCUT2D eigenvalue weighted by molar-refractivity contribution is 7.26. The van der Waals surface area contributed by atoms with E-state index in [9.17, 15) is 22.8 Å². The van der Waals surface area contributed by atoms with Crippen LogP contribution in [0.15, 0.2) is 79.9 Å². The summed E-state index contributed by atoms with van der Waals surface area (Å²) in [6.45, 7) is 6.91. The van der Waals surface area contributed by atoms with Crippen molar-refractivity contribution in [3.05, 3.63) is 91.0 Å². The van der Waals surface area contributed by atoms with Gasteiger partial charge in [0.05, 0.1) is 11.3 Å². The minimum Gasteiger partial charge on any atom is -0.463 e. The van der Waals surface area contributed by atoms with Crippen molar-refractivity contribution in [2.24, 2.45) is 0 Å². The number of fused-ring (bicyclic) bond motifs is 3. The average Bonchev–Trinajstić information content (AvgIpc) is 3.23. The number of hydrogen-bond acceptors (Lipinski definition) is 5. The summed E-state index contributed by atoms with van der Waals surface area (Å²) in [4.78, 5) is 22.7. The molecule has 0 atom stereocenters. The molecule has 0 aliphatic rings. The van der Waals surface area contributed by atoms with E-state index in [0.29, 0.717) is 28.5 Å². The van der Waals surface area contributed by atoms with Crippen molar-refractivity contribution in [3.8, 4) is 16.9 Å². The summed E-state index contributed by atoms with van der Waals surface area (Å²) in [6, 6.07) is 16.1. The zero-order valence-electron chi connectivity index (χ0n) is 19.1. The van der Waals surface area contributed by atoms with E-state index in [1.165, 1.54) is 12.1 Å². The quantitative estimate of drug-likeness (QED) is 0.107. The maximum absolute atomic E-state index is 14.0. The predicted molar refractivity (Wildman–Crippen MR) is 135 cm³/mol. The molecule has 36 heavy (non-hydrogen) atoms. The molecule has 0 N–H and O–H groups in total. The van der Waals surface area contributed by atoms with Gasteiger partial charge in [-0.3, -0.25) is 0 Å². The van der Waals surface area contributed by atoms with Crippen molar-refractivity contribution < 1.29 is 32.2 Å². The smallest absolute Gasteiger partial charge is 0.421 e. The summed E-state index contributed by atoms with van der Waals surface area (Å²) in [5.74, 6) is -1.94. The number of thiophene rings is 1. The van der Waals surface area contributed by atoms with Gasteiger partial charge in [0.25, 0.3) is 0 Å². The Hall–Kier alpha value is -3.91. The molecule has 0 aliphatic carbocycles. The van der Waals surface area contributed by atoms with E-state index in [1.807, 2.05) is 36.4 Å². The Morgan fingerprint density at radius 2 is 1.56 bits per heavy atom. The van der Waals surface area contributed by atoms with Crippen molar-refractivity contribution in [2.45, 2.75) is 19.0 Å². The fourth-order valence-corrected chi connectivity index (χ4v) is 5.18. The number of halogens is 3. The number of aryl methyl sites for hydroxylation is 1. The number of ether oxygens (including phenoxy) is 2. The van der Waals surface area contributed by atoms with E-state index < -0.39 is 29.4 Å². The van der Waals surface area contributed by atoms with Gasteiger partial charge in [-0.05, 0) is 47.7 Å². The first kappa shape index (κ1) is 25.2. The molecular formula is C28H21F3O4S. The normalized spacial score (nSPS) is 11.4. The van der Waals surface area contributed by atoms with Gasteiger partial charge in [0, 0.05) is 27.6 Å². The van der Waals surface area contributed by atoms with Gasteiger partial charge in [0.1, 0.15) is 11.3 Å². The van der Waals surface area contributed by atoms with Crippen molar-refractivity contribution in [3.63, 3.8) is 0 Å². The lowest BCUT2D eigenvalue weighted by atomic mass is 10.0. The van der Waals surface area contributed by atoms with Crippen LogP contribution < -0.4 is 4.74 Å².